The molecule has 0 heterocycles. The summed E-state index contributed by atoms with van der Waals surface area (Å²) < 4.78 is 0. The highest BCUT2D eigenvalue weighted by atomic mass is 32.2. The molecule has 0 saturated heterocycles. The third kappa shape index (κ3) is 4.49. The second-order valence-corrected chi connectivity index (χ2v) is 4.98. The lowest BCUT2D eigenvalue weighted by molar-refractivity contribution is -0.128. The summed E-state index contributed by atoms with van der Waals surface area (Å²) >= 11 is 1.63. The molecule has 0 aromatic heterocycles. The Balaban J connectivity index is 2.37. The predicted molar refractivity (Wildman–Crippen MR) is 69.8 cm³/mol. The summed E-state index contributed by atoms with van der Waals surface area (Å²) in [5, 5.41) is 8.91. The minimum atomic E-state index is 0.152. The van der Waals surface area contributed by atoms with Gasteiger partial charge in [-0.15, -0.1) is 11.8 Å². The monoisotopic (exact) mass is 248 g/mol. The zero-order valence-corrected chi connectivity index (χ0v) is 11.0. The average molecular weight is 248 g/mol. The van der Waals surface area contributed by atoms with Crippen LogP contribution in [-0.4, -0.2) is 30.7 Å². The molecular formula is C13H16N2OS. The van der Waals surface area contributed by atoms with Crippen LogP contribution in [0.3, 0.4) is 0 Å². The van der Waals surface area contributed by atoms with Gasteiger partial charge in [-0.3, -0.25) is 4.79 Å². The Kier molecular flexibility index (Phi) is 5.58. The molecule has 0 saturated carbocycles. The molecule has 90 valence electrons. The van der Waals surface area contributed by atoms with Crippen molar-refractivity contribution in [2.75, 3.05) is 19.8 Å². The van der Waals surface area contributed by atoms with Crippen molar-refractivity contribution in [3.63, 3.8) is 0 Å². The molecule has 0 atom stereocenters. The molecule has 1 aromatic rings. The largest absolute Gasteiger partial charge is 0.349 e. The second kappa shape index (κ2) is 6.97. The summed E-state index contributed by atoms with van der Waals surface area (Å²) in [6.45, 7) is 0. The molecule has 1 rings (SSSR count). The van der Waals surface area contributed by atoms with E-state index in [1.165, 1.54) is 0 Å². The van der Waals surface area contributed by atoms with Crippen molar-refractivity contribution >= 4 is 17.7 Å². The van der Waals surface area contributed by atoms with E-state index in [2.05, 4.69) is 6.07 Å². The van der Waals surface area contributed by atoms with Gasteiger partial charge in [0.25, 0.3) is 0 Å². The van der Waals surface area contributed by atoms with Crippen molar-refractivity contribution in [3.8, 4) is 6.07 Å². The van der Waals surface area contributed by atoms with E-state index in [0.29, 0.717) is 12.0 Å². The highest BCUT2D eigenvalue weighted by Gasteiger charge is 2.05. The summed E-state index contributed by atoms with van der Waals surface area (Å²) in [7, 11) is 3.53. The number of benzene rings is 1. The maximum Gasteiger partial charge on any atom is 0.222 e. The van der Waals surface area contributed by atoms with Crippen LogP contribution < -0.4 is 0 Å². The van der Waals surface area contributed by atoms with Gasteiger partial charge < -0.3 is 4.90 Å². The van der Waals surface area contributed by atoms with Crippen LogP contribution in [0.2, 0.25) is 0 Å². The number of hydrogen-bond donors (Lipinski definition) is 0. The number of rotatable bonds is 5. The fourth-order valence-electron chi connectivity index (χ4n) is 1.31. The first kappa shape index (κ1) is 13.6. The molecule has 0 unspecified atom stereocenters. The molecule has 0 spiro atoms. The van der Waals surface area contributed by atoms with Crippen molar-refractivity contribution in [3.05, 3.63) is 29.8 Å². The van der Waals surface area contributed by atoms with Crippen LogP contribution in [0.15, 0.2) is 29.2 Å². The Hall–Kier alpha value is -1.47. The SMILES string of the molecule is CN(C)C(=O)CCCSc1ccccc1C#N. The molecule has 3 nitrogen and oxygen atoms in total. The van der Waals surface area contributed by atoms with Crippen LogP contribution in [0, 0.1) is 11.3 Å². The number of thioether (sulfide) groups is 1. The lowest BCUT2D eigenvalue weighted by Crippen LogP contribution is -2.21. The number of carbonyl (C=O) groups is 1. The first-order valence-electron chi connectivity index (χ1n) is 5.47. The molecule has 0 aliphatic heterocycles. The van der Waals surface area contributed by atoms with Gasteiger partial charge >= 0.3 is 0 Å². The van der Waals surface area contributed by atoms with Crippen LogP contribution in [0.5, 0.6) is 0 Å². The van der Waals surface area contributed by atoms with E-state index in [1.54, 1.807) is 30.8 Å². The number of hydrogen-bond acceptors (Lipinski definition) is 3. The summed E-state index contributed by atoms with van der Waals surface area (Å²) in [5.41, 5.74) is 0.705. The van der Waals surface area contributed by atoms with Gasteiger partial charge in [0.15, 0.2) is 0 Å². The minimum absolute atomic E-state index is 0.152. The Labute approximate surface area is 106 Å². The normalized spacial score (nSPS) is 9.71. The standard InChI is InChI=1S/C13H16N2OS/c1-15(2)13(16)8-5-9-17-12-7-4-3-6-11(12)10-14/h3-4,6-7H,5,8-9H2,1-2H3. The van der Waals surface area contributed by atoms with Gasteiger partial charge in [-0.25, -0.2) is 0 Å². The lowest BCUT2D eigenvalue weighted by atomic mass is 10.2. The van der Waals surface area contributed by atoms with Crippen LogP contribution >= 0.6 is 11.8 Å². The van der Waals surface area contributed by atoms with Crippen molar-refractivity contribution in [2.24, 2.45) is 0 Å². The van der Waals surface area contributed by atoms with Crippen molar-refractivity contribution < 1.29 is 4.79 Å². The third-order valence-electron chi connectivity index (χ3n) is 2.30. The highest BCUT2D eigenvalue weighted by Crippen LogP contribution is 2.22. The van der Waals surface area contributed by atoms with E-state index >= 15 is 0 Å². The van der Waals surface area contributed by atoms with Gasteiger partial charge in [0.1, 0.15) is 6.07 Å². The van der Waals surface area contributed by atoms with E-state index < -0.39 is 0 Å². The van der Waals surface area contributed by atoms with Gasteiger partial charge in [0.2, 0.25) is 5.91 Å². The van der Waals surface area contributed by atoms with Crippen molar-refractivity contribution in [2.45, 2.75) is 17.7 Å². The fourth-order valence-corrected chi connectivity index (χ4v) is 2.27. The summed E-state index contributed by atoms with van der Waals surface area (Å²) in [4.78, 5) is 13.9. The van der Waals surface area contributed by atoms with Gasteiger partial charge in [-0.2, -0.15) is 5.26 Å². The number of nitrogens with zero attached hydrogens (tertiary/aromatic N) is 2. The van der Waals surface area contributed by atoms with E-state index in [4.69, 9.17) is 5.26 Å². The lowest BCUT2D eigenvalue weighted by Gasteiger charge is -2.09. The van der Waals surface area contributed by atoms with Gasteiger partial charge in [-0.05, 0) is 24.3 Å². The summed E-state index contributed by atoms with van der Waals surface area (Å²) in [5.74, 6) is 1.01. The molecule has 1 amide bonds. The maximum atomic E-state index is 11.3. The number of amides is 1. The smallest absolute Gasteiger partial charge is 0.222 e. The molecule has 0 aliphatic rings. The second-order valence-electron chi connectivity index (χ2n) is 3.85. The fraction of sp³-hybridized carbons (Fsp3) is 0.385. The zero-order chi connectivity index (χ0) is 12.7. The average Bonchev–Trinajstić information content (AvgIpc) is 2.34. The topological polar surface area (TPSA) is 44.1 Å². The number of nitriles is 1. The molecule has 1 aromatic carbocycles. The first-order chi connectivity index (χ1) is 8.15. The third-order valence-corrected chi connectivity index (χ3v) is 3.46. The van der Waals surface area contributed by atoms with Crippen LogP contribution in [-0.2, 0) is 4.79 Å². The van der Waals surface area contributed by atoms with E-state index in [-0.39, 0.29) is 5.91 Å². The van der Waals surface area contributed by atoms with E-state index in [0.717, 1.165) is 17.1 Å². The van der Waals surface area contributed by atoms with Crippen molar-refractivity contribution in [1.29, 1.82) is 5.26 Å². The quantitative estimate of drug-likeness (QED) is 0.594. The highest BCUT2D eigenvalue weighted by molar-refractivity contribution is 7.99. The first-order valence-corrected chi connectivity index (χ1v) is 6.46. The van der Waals surface area contributed by atoms with Crippen LogP contribution in [0.1, 0.15) is 18.4 Å². The molecule has 0 bridgehead atoms. The Morgan fingerprint density at radius 2 is 2.12 bits per heavy atom. The van der Waals surface area contributed by atoms with Crippen molar-refractivity contribution in [1.82, 2.24) is 4.90 Å². The molecule has 4 heteroatoms. The van der Waals surface area contributed by atoms with Crippen LogP contribution in [0.25, 0.3) is 0 Å². The van der Waals surface area contributed by atoms with Crippen LogP contribution in [0.4, 0.5) is 0 Å². The van der Waals surface area contributed by atoms with Gasteiger partial charge in [0, 0.05) is 25.4 Å². The number of carbonyl (C=O) groups excluding carboxylic acids is 1. The Morgan fingerprint density at radius 3 is 2.76 bits per heavy atom. The predicted octanol–water partition coefficient (Wildman–Crippen LogP) is 2.52. The molecule has 0 N–H and O–H groups in total. The Bertz CT molecular complexity index is 424. The van der Waals surface area contributed by atoms with E-state index in [1.807, 2.05) is 24.3 Å². The minimum Gasteiger partial charge on any atom is -0.349 e. The zero-order valence-electron chi connectivity index (χ0n) is 10.1. The molecular weight excluding hydrogens is 232 g/mol. The maximum absolute atomic E-state index is 11.3. The molecule has 17 heavy (non-hydrogen) atoms. The molecule has 0 fully saturated rings. The summed E-state index contributed by atoms with van der Waals surface area (Å²) in [6.07, 6.45) is 1.40. The molecule has 0 radical (unpaired) electrons. The Morgan fingerprint density at radius 1 is 1.41 bits per heavy atom. The van der Waals surface area contributed by atoms with Gasteiger partial charge in [0.05, 0.1) is 5.56 Å². The van der Waals surface area contributed by atoms with Gasteiger partial charge in [-0.1, -0.05) is 12.1 Å². The van der Waals surface area contributed by atoms with E-state index in [9.17, 15) is 4.79 Å². The summed E-state index contributed by atoms with van der Waals surface area (Å²) in [6, 6.07) is 9.71. The molecule has 0 aliphatic carbocycles.